The fourth-order valence-electron chi connectivity index (χ4n) is 2.23. The summed E-state index contributed by atoms with van der Waals surface area (Å²) in [7, 11) is -3.60. The van der Waals surface area contributed by atoms with Crippen molar-refractivity contribution in [1.82, 2.24) is 9.21 Å². The molecule has 1 aromatic carbocycles. The van der Waals surface area contributed by atoms with Gasteiger partial charge in [-0.05, 0) is 18.2 Å². The lowest BCUT2D eigenvalue weighted by Gasteiger charge is -2.33. The first-order valence-corrected chi connectivity index (χ1v) is 8.34. The predicted molar refractivity (Wildman–Crippen MR) is 78.5 cm³/mol. The van der Waals surface area contributed by atoms with Gasteiger partial charge in [0.15, 0.2) is 0 Å². The van der Waals surface area contributed by atoms with Gasteiger partial charge in [-0.1, -0.05) is 11.6 Å². The van der Waals surface area contributed by atoms with Gasteiger partial charge >= 0.3 is 0 Å². The van der Waals surface area contributed by atoms with Crippen molar-refractivity contribution in [3.05, 3.63) is 28.8 Å². The molecular formula is C13H16ClN3O3S. The predicted octanol–water partition coefficient (Wildman–Crippen LogP) is 0.510. The number of halogens is 1. The third-order valence-electron chi connectivity index (χ3n) is 3.45. The van der Waals surface area contributed by atoms with Gasteiger partial charge in [0.05, 0.1) is 22.1 Å². The second-order valence-corrected chi connectivity index (χ2v) is 7.07. The van der Waals surface area contributed by atoms with Crippen LogP contribution in [0.3, 0.4) is 0 Å². The summed E-state index contributed by atoms with van der Waals surface area (Å²) in [5.74, 6) is 0. The maximum absolute atomic E-state index is 12.5. The minimum atomic E-state index is -3.60. The first-order valence-electron chi connectivity index (χ1n) is 6.52. The molecule has 114 valence electrons. The van der Waals surface area contributed by atoms with Crippen LogP contribution in [0.2, 0.25) is 5.02 Å². The molecular weight excluding hydrogens is 314 g/mol. The number of hydrogen-bond donors (Lipinski definition) is 1. The number of sulfonamides is 1. The maximum atomic E-state index is 12.5. The van der Waals surface area contributed by atoms with E-state index in [0.717, 1.165) is 0 Å². The molecule has 1 saturated heterocycles. The van der Waals surface area contributed by atoms with Gasteiger partial charge in [0.2, 0.25) is 10.0 Å². The number of hydrogen-bond acceptors (Lipinski definition) is 5. The van der Waals surface area contributed by atoms with Gasteiger partial charge < -0.3 is 5.11 Å². The molecule has 1 N–H and O–H groups in total. The van der Waals surface area contributed by atoms with Crippen molar-refractivity contribution in [2.24, 2.45) is 0 Å². The standard InChI is InChI=1S/C13H16ClN3O3S/c14-13-9-12(2-1-11(13)10-15)21(19,20)17-5-3-16(4-6-17)7-8-18/h1-2,9,18H,3-8H2. The van der Waals surface area contributed by atoms with Gasteiger partial charge in [-0.15, -0.1) is 0 Å². The molecule has 0 amide bonds. The second kappa shape index (κ2) is 6.73. The van der Waals surface area contributed by atoms with Crippen LogP contribution in [0.1, 0.15) is 5.56 Å². The van der Waals surface area contributed by atoms with Crippen LogP contribution in [-0.4, -0.2) is 62.1 Å². The number of piperazine rings is 1. The Balaban J connectivity index is 2.16. The van der Waals surface area contributed by atoms with E-state index >= 15 is 0 Å². The van der Waals surface area contributed by atoms with Gasteiger partial charge in [-0.3, -0.25) is 4.90 Å². The molecule has 8 heteroatoms. The van der Waals surface area contributed by atoms with Crippen LogP contribution in [-0.2, 0) is 10.0 Å². The highest BCUT2D eigenvalue weighted by Gasteiger charge is 2.28. The Hall–Kier alpha value is -1.17. The number of nitriles is 1. The second-order valence-electron chi connectivity index (χ2n) is 4.72. The first kappa shape index (κ1) is 16.2. The molecule has 2 rings (SSSR count). The molecule has 1 aliphatic heterocycles. The zero-order valence-corrected chi connectivity index (χ0v) is 12.9. The van der Waals surface area contributed by atoms with Crippen molar-refractivity contribution >= 4 is 21.6 Å². The van der Waals surface area contributed by atoms with Gasteiger partial charge in [-0.2, -0.15) is 9.57 Å². The number of rotatable bonds is 4. The van der Waals surface area contributed by atoms with E-state index in [4.69, 9.17) is 22.0 Å². The molecule has 1 heterocycles. The Labute approximate surface area is 129 Å². The molecule has 0 spiro atoms. The number of aliphatic hydroxyl groups is 1. The summed E-state index contributed by atoms with van der Waals surface area (Å²) in [6, 6.07) is 6.03. The van der Waals surface area contributed by atoms with Crippen LogP contribution >= 0.6 is 11.6 Å². The topological polar surface area (TPSA) is 84.6 Å². The van der Waals surface area contributed by atoms with Gasteiger partial charge in [0.1, 0.15) is 6.07 Å². The normalized spacial score (nSPS) is 17.6. The van der Waals surface area contributed by atoms with E-state index < -0.39 is 10.0 Å². The highest BCUT2D eigenvalue weighted by molar-refractivity contribution is 7.89. The summed E-state index contributed by atoms with van der Waals surface area (Å²) in [5, 5.41) is 17.8. The van der Waals surface area contributed by atoms with Gasteiger partial charge in [0, 0.05) is 32.7 Å². The van der Waals surface area contributed by atoms with Crippen molar-refractivity contribution < 1.29 is 13.5 Å². The highest BCUT2D eigenvalue weighted by Crippen LogP contribution is 2.23. The third-order valence-corrected chi connectivity index (χ3v) is 5.65. The van der Waals surface area contributed by atoms with Gasteiger partial charge in [0.25, 0.3) is 0 Å². The van der Waals surface area contributed by atoms with E-state index in [1.165, 1.54) is 22.5 Å². The average molecular weight is 330 g/mol. The molecule has 1 fully saturated rings. The van der Waals surface area contributed by atoms with Crippen molar-refractivity contribution in [3.63, 3.8) is 0 Å². The molecule has 0 bridgehead atoms. The Morgan fingerprint density at radius 2 is 1.95 bits per heavy atom. The van der Waals surface area contributed by atoms with Crippen molar-refractivity contribution in [2.75, 3.05) is 39.3 Å². The molecule has 1 aromatic rings. The van der Waals surface area contributed by atoms with E-state index in [0.29, 0.717) is 32.7 Å². The molecule has 21 heavy (non-hydrogen) atoms. The van der Waals surface area contributed by atoms with E-state index in [9.17, 15) is 8.42 Å². The largest absolute Gasteiger partial charge is 0.395 e. The summed E-state index contributed by atoms with van der Waals surface area (Å²) in [6.07, 6.45) is 0. The molecule has 0 atom stereocenters. The summed E-state index contributed by atoms with van der Waals surface area (Å²) in [6.45, 7) is 2.54. The molecule has 0 saturated carbocycles. The fraction of sp³-hybridized carbons (Fsp3) is 0.462. The first-order chi connectivity index (χ1) is 9.98. The van der Waals surface area contributed by atoms with Crippen LogP contribution in [0.5, 0.6) is 0 Å². The van der Waals surface area contributed by atoms with Crippen molar-refractivity contribution in [1.29, 1.82) is 5.26 Å². The highest BCUT2D eigenvalue weighted by atomic mass is 35.5. The minimum absolute atomic E-state index is 0.0674. The van der Waals surface area contributed by atoms with Crippen LogP contribution in [0.4, 0.5) is 0 Å². The molecule has 1 aliphatic rings. The SMILES string of the molecule is N#Cc1ccc(S(=O)(=O)N2CCN(CCO)CC2)cc1Cl. The van der Waals surface area contributed by atoms with Crippen LogP contribution in [0, 0.1) is 11.3 Å². The fourth-order valence-corrected chi connectivity index (χ4v) is 3.97. The Kier molecular flexibility index (Phi) is 5.19. The van der Waals surface area contributed by atoms with Crippen molar-refractivity contribution in [2.45, 2.75) is 4.90 Å². The van der Waals surface area contributed by atoms with E-state index in [2.05, 4.69) is 0 Å². The number of benzene rings is 1. The third kappa shape index (κ3) is 3.54. The summed E-state index contributed by atoms with van der Waals surface area (Å²) in [5.41, 5.74) is 0.253. The number of β-amino-alcohol motifs (C(OH)–C–C–N with tert-alkyl or cyclic N) is 1. The Morgan fingerprint density at radius 1 is 1.29 bits per heavy atom. The maximum Gasteiger partial charge on any atom is 0.243 e. The Morgan fingerprint density at radius 3 is 2.48 bits per heavy atom. The van der Waals surface area contributed by atoms with Crippen LogP contribution < -0.4 is 0 Å². The lowest BCUT2D eigenvalue weighted by atomic mass is 10.2. The summed E-state index contributed by atoms with van der Waals surface area (Å²) < 4.78 is 26.4. The molecule has 0 radical (unpaired) electrons. The molecule has 6 nitrogen and oxygen atoms in total. The molecule has 0 unspecified atom stereocenters. The van der Waals surface area contributed by atoms with E-state index in [1.807, 2.05) is 11.0 Å². The smallest absolute Gasteiger partial charge is 0.243 e. The zero-order chi connectivity index (χ0) is 15.5. The zero-order valence-electron chi connectivity index (χ0n) is 11.4. The van der Waals surface area contributed by atoms with Gasteiger partial charge in [-0.25, -0.2) is 8.42 Å². The van der Waals surface area contributed by atoms with E-state index in [-0.39, 0.29) is 22.1 Å². The molecule has 0 aromatic heterocycles. The number of aliphatic hydroxyl groups excluding tert-OH is 1. The summed E-state index contributed by atoms with van der Waals surface area (Å²) in [4.78, 5) is 2.11. The lowest BCUT2D eigenvalue weighted by Crippen LogP contribution is -2.49. The lowest BCUT2D eigenvalue weighted by molar-refractivity contribution is 0.151. The molecule has 0 aliphatic carbocycles. The van der Waals surface area contributed by atoms with E-state index in [1.54, 1.807) is 0 Å². The minimum Gasteiger partial charge on any atom is -0.395 e. The quantitative estimate of drug-likeness (QED) is 0.870. The van der Waals surface area contributed by atoms with Crippen LogP contribution in [0.15, 0.2) is 23.1 Å². The van der Waals surface area contributed by atoms with Crippen molar-refractivity contribution in [3.8, 4) is 6.07 Å². The number of nitrogens with zero attached hydrogens (tertiary/aromatic N) is 3. The van der Waals surface area contributed by atoms with Crippen LogP contribution in [0.25, 0.3) is 0 Å². The average Bonchev–Trinajstić information content (AvgIpc) is 2.48. The summed E-state index contributed by atoms with van der Waals surface area (Å²) >= 11 is 5.90. The Bertz CT molecular complexity index is 649. The monoisotopic (exact) mass is 329 g/mol.